The summed E-state index contributed by atoms with van der Waals surface area (Å²) in [6.07, 6.45) is 0.948. The summed E-state index contributed by atoms with van der Waals surface area (Å²) in [6.45, 7) is 5.67. The van der Waals surface area contributed by atoms with Crippen LogP contribution in [-0.4, -0.2) is 69.8 Å². The van der Waals surface area contributed by atoms with E-state index in [1.807, 2.05) is 56.3 Å². The van der Waals surface area contributed by atoms with Crippen molar-refractivity contribution in [2.24, 2.45) is 0 Å². The number of fused-ring (bicyclic) bond motifs is 1. The number of carbonyl (C=O) groups is 2. The van der Waals surface area contributed by atoms with Crippen LogP contribution in [0.2, 0.25) is 0 Å². The monoisotopic (exact) mass is 623 g/mol. The van der Waals surface area contributed by atoms with Crippen LogP contribution in [0.25, 0.3) is 0 Å². The first-order valence-corrected chi connectivity index (χ1v) is 16.4. The van der Waals surface area contributed by atoms with Gasteiger partial charge in [-0.3, -0.25) is 13.9 Å². The zero-order valence-corrected chi connectivity index (χ0v) is 26.5. The lowest BCUT2D eigenvalue weighted by Crippen LogP contribution is -2.54. The largest absolute Gasteiger partial charge is 0.497 e. The summed E-state index contributed by atoms with van der Waals surface area (Å²) in [6, 6.07) is 20.5. The molecular weight excluding hydrogens is 582 g/mol. The van der Waals surface area contributed by atoms with E-state index in [0.29, 0.717) is 36.9 Å². The van der Waals surface area contributed by atoms with Crippen LogP contribution in [0.3, 0.4) is 0 Å². The van der Waals surface area contributed by atoms with Gasteiger partial charge in [0.15, 0.2) is 11.5 Å². The minimum absolute atomic E-state index is 0.0581. The standard InChI is InChI=1S/C33H41N3O7S/c1-5-24(3)34-33(38)29(20-25-11-8-7-9-12-25)35(22-26-13-10-14-28(19-26)41-4)32(37)23-36(44(39,40)6-2)27-15-16-30-31(21-27)43-18-17-42-30/h7-16,19,21,24,29H,5-6,17-18,20,22-23H2,1-4H3,(H,34,38). The molecule has 0 aliphatic carbocycles. The van der Waals surface area contributed by atoms with Crippen molar-refractivity contribution in [3.63, 3.8) is 0 Å². The van der Waals surface area contributed by atoms with E-state index in [1.165, 1.54) is 11.8 Å². The molecule has 1 aliphatic rings. The van der Waals surface area contributed by atoms with Gasteiger partial charge in [-0.1, -0.05) is 49.4 Å². The molecule has 1 N–H and O–H groups in total. The molecule has 0 radical (unpaired) electrons. The third-order valence-electron chi connectivity index (χ3n) is 7.55. The normalized spacial score (nSPS) is 13.8. The van der Waals surface area contributed by atoms with Gasteiger partial charge < -0.3 is 24.4 Å². The summed E-state index contributed by atoms with van der Waals surface area (Å²) < 4.78 is 44.7. The Balaban J connectivity index is 1.76. The Labute approximate surface area is 260 Å². The Bertz CT molecular complexity index is 1530. The molecule has 4 rings (SSSR count). The number of benzene rings is 3. The van der Waals surface area contributed by atoms with E-state index in [4.69, 9.17) is 14.2 Å². The number of nitrogens with one attached hydrogen (secondary N) is 1. The number of anilines is 1. The van der Waals surface area contributed by atoms with Crippen LogP contribution < -0.4 is 23.8 Å². The Morgan fingerprint density at radius 2 is 1.64 bits per heavy atom. The third kappa shape index (κ3) is 8.22. The Kier molecular flexibility index (Phi) is 11.1. The number of carbonyl (C=O) groups excluding carboxylic acids is 2. The van der Waals surface area contributed by atoms with Crippen LogP contribution in [0.4, 0.5) is 5.69 Å². The summed E-state index contributed by atoms with van der Waals surface area (Å²) in [5, 5.41) is 3.03. The van der Waals surface area contributed by atoms with Gasteiger partial charge in [0, 0.05) is 25.1 Å². The van der Waals surface area contributed by atoms with Crippen molar-refractivity contribution in [3.05, 3.63) is 83.9 Å². The van der Waals surface area contributed by atoms with Crippen LogP contribution in [0.15, 0.2) is 72.8 Å². The summed E-state index contributed by atoms with van der Waals surface area (Å²) in [5.41, 5.74) is 1.87. The maximum atomic E-state index is 14.4. The molecule has 3 aromatic carbocycles. The van der Waals surface area contributed by atoms with Gasteiger partial charge in [0.2, 0.25) is 21.8 Å². The molecular formula is C33H41N3O7S. The van der Waals surface area contributed by atoms with Crippen LogP contribution in [0.5, 0.6) is 17.2 Å². The van der Waals surface area contributed by atoms with Gasteiger partial charge in [-0.25, -0.2) is 8.42 Å². The highest BCUT2D eigenvalue weighted by Gasteiger charge is 2.34. The van der Waals surface area contributed by atoms with Gasteiger partial charge in [0.1, 0.15) is 31.5 Å². The fourth-order valence-corrected chi connectivity index (χ4v) is 5.92. The number of methoxy groups -OCH3 is 1. The smallest absolute Gasteiger partial charge is 0.244 e. The molecule has 10 nitrogen and oxygen atoms in total. The maximum absolute atomic E-state index is 14.4. The molecule has 0 bridgehead atoms. The van der Waals surface area contributed by atoms with E-state index >= 15 is 0 Å². The summed E-state index contributed by atoms with van der Waals surface area (Å²) in [4.78, 5) is 29.7. The highest BCUT2D eigenvalue weighted by atomic mass is 32.2. The predicted octanol–water partition coefficient (Wildman–Crippen LogP) is 4.18. The van der Waals surface area contributed by atoms with Crippen LogP contribution in [-0.2, 0) is 32.6 Å². The van der Waals surface area contributed by atoms with E-state index in [0.717, 1.165) is 15.4 Å². The fourth-order valence-electron chi connectivity index (χ4n) is 4.87. The number of amides is 2. The molecule has 0 fully saturated rings. The van der Waals surface area contributed by atoms with Gasteiger partial charge in [0.25, 0.3) is 0 Å². The molecule has 236 valence electrons. The lowest BCUT2D eigenvalue weighted by Gasteiger charge is -2.34. The summed E-state index contributed by atoms with van der Waals surface area (Å²) in [5.74, 6) is 0.436. The van der Waals surface area contributed by atoms with Crippen LogP contribution in [0, 0.1) is 0 Å². The lowest BCUT2D eigenvalue weighted by atomic mass is 10.0. The zero-order valence-electron chi connectivity index (χ0n) is 25.7. The summed E-state index contributed by atoms with van der Waals surface area (Å²) in [7, 11) is -2.35. The second-order valence-electron chi connectivity index (χ2n) is 10.6. The highest BCUT2D eigenvalue weighted by Crippen LogP contribution is 2.35. The molecule has 0 aromatic heterocycles. The first-order chi connectivity index (χ1) is 21.1. The SMILES string of the molecule is CCC(C)NC(=O)C(Cc1ccccc1)N(Cc1cccc(OC)c1)C(=O)CN(c1ccc2c(c1)OCCO2)S(=O)(=O)CC. The number of sulfonamides is 1. The topological polar surface area (TPSA) is 114 Å². The average molecular weight is 624 g/mol. The van der Waals surface area contributed by atoms with E-state index in [-0.39, 0.29) is 36.4 Å². The van der Waals surface area contributed by atoms with Crippen molar-refractivity contribution in [2.75, 3.05) is 36.9 Å². The fraction of sp³-hybridized carbons (Fsp3) is 0.394. The molecule has 44 heavy (non-hydrogen) atoms. The molecule has 2 amide bonds. The first-order valence-electron chi connectivity index (χ1n) is 14.8. The van der Waals surface area contributed by atoms with E-state index in [1.54, 1.807) is 37.4 Å². The zero-order chi connectivity index (χ0) is 31.7. The van der Waals surface area contributed by atoms with E-state index in [2.05, 4.69) is 5.32 Å². The molecule has 3 aromatic rings. The predicted molar refractivity (Wildman–Crippen MR) is 170 cm³/mol. The minimum Gasteiger partial charge on any atom is -0.497 e. The molecule has 0 saturated heterocycles. The number of ether oxygens (including phenoxy) is 3. The molecule has 0 spiro atoms. The average Bonchev–Trinajstić information content (AvgIpc) is 3.05. The van der Waals surface area contributed by atoms with Crippen molar-refractivity contribution >= 4 is 27.5 Å². The van der Waals surface area contributed by atoms with Gasteiger partial charge in [-0.2, -0.15) is 0 Å². The van der Waals surface area contributed by atoms with Gasteiger partial charge >= 0.3 is 0 Å². The van der Waals surface area contributed by atoms with E-state index in [9.17, 15) is 18.0 Å². The Hall–Kier alpha value is -4.25. The van der Waals surface area contributed by atoms with Crippen LogP contribution >= 0.6 is 0 Å². The highest BCUT2D eigenvalue weighted by molar-refractivity contribution is 7.92. The van der Waals surface area contributed by atoms with Crippen LogP contribution in [0.1, 0.15) is 38.3 Å². The number of hydrogen-bond acceptors (Lipinski definition) is 7. The van der Waals surface area contributed by atoms with Crippen molar-refractivity contribution in [1.82, 2.24) is 10.2 Å². The second kappa shape index (κ2) is 15.0. The third-order valence-corrected chi connectivity index (χ3v) is 9.29. The Morgan fingerprint density at radius 3 is 2.32 bits per heavy atom. The van der Waals surface area contributed by atoms with Crippen molar-refractivity contribution in [2.45, 2.75) is 52.2 Å². The number of nitrogens with zero attached hydrogens (tertiary/aromatic N) is 2. The molecule has 0 saturated carbocycles. The molecule has 2 unspecified atom stereocenters. The lowest BCUT2D eigenvalue weighted by molar-refractivity contribution is -0.140. The molecule has 1 heterocycles. The van der Waals surface area contributed by atoms with Crippen molar-refractivity contribution in [1.29, 1.82) is 0 Å². The summed E-state index contributed by atoms with van der Waals surface area (Å²) >= 11 is 0. The Morgan fingerprint density at radius 1 is 0.932 bits per heavy atom. The number of rotatable bonds is 14. The molecule has 11 heteroatoms. The molecule has 1 aliphatic heterocycles. The van der Waals surface area contributed by atoms with Gasteiger partial charge in [-0.05, 0) is 55.7 Å². The minimum atomic E-state index is -3.91. The van der Waals surface area contributed by atoms with Gasteiger partial charge in [-0.15, -0.1) is 0 Å². The van der Waals surface area contributed by atoms with Crippen molar-refractivity contribution in [3.8, 4) is 17.2 Å². The quantitative estimate of drug-likeness (QED) is 0.287. The van der Waals surface area contributed by atoms with E-state index < -0.39 is 28.5 Å². The van der Waals surface area contributed by atoms with Crippen molar-refractivity contribution < 1.29 is 32.2 Å². The maximum Gasteiger partial charge on any atom is 0.244 e. The number of hydrogen-bond donors (Lipinski definition) is 1. The first kappa shape index (κ1) is 32.7. The van der Waals surface area contributed by atoms with Gasteiger partial charge in [0.05, 0.1) is 18.6 Å². The second-order valence-corrected chi connectivity index (χ2v) is 12.8. The molecule has 2 atom stereocenters.